The van der Waals surface area contributed by atoms with Crippen LogP contribution in [-0.2, 0) is 4.74 Å². The Balaban J connectivity index is 1.54. The predicted molar refractivity (Wildman–Crippen MR) is 87.3 cm³/mol. The summed E-state index contributed by atoms with van der Waals surface area (Å²) in [6.07, 6.45) is 6.75. The van der Waals surface area contributed by atoms with Crippen LogP contribution in [0.25, 0.3) is 0 Å². The first kappa shape index (κ1) is 15.8. The van der Waals surface area contributed by atoms with Crippen molar-refractivity contribution in [2.24, 2.45) is 5.73 Å². The molecule has 6 nitrogen and oxygen atoms in total. The number of hydrogen-bond donors (Lipinski definition) is 3. The molecule has 0 bridgehead atoms. The van der Waals surface area contributed by atoms with Crippen LogP contribution in [0.5, 0.6) is 0 Å². The van der Waals surface area contributed by atoms with Crippen molar-refractivity contribution in [1.29, 1.82) is 0 Å². The lowest BCUT2D eigenvalue weighted by Crippen LogP contribution is -2.39. The van der Waals surface area contributed by atoms with Crippen LogP contribution < -0.4 is 16.4 Å². The second-order valence-corrected chi connectivity index (χ2v) is 6.50. The fourth-order valence-electron chi connectivity index (χ4n) is 3.58. The fraction of sp³-hybridized carbons (Fsp3) is 0.529. The molecule has 0 radical (unpaired) electrons. The molecular weight excluding hydrogens is 294 g/mol. The van der Waals surface area contributed by atoms with Crippen LogP contribution in [0.15, 0.2) is 24.3 Å². The molecule has 1 aromatic carbocycles. The summed E-state index contributed by atoms with van der Waals surface area (Å²) in [7, 11) is 0. The van der Waals surface area contributed by atoms with E-state index in [2.05, 4.69) is 10.6 Å². The van der Waals surface area contributed by atoms with E-state index in [0.717, 1.165) is 19.3 Å². The number of nitrogens with one attached hydrogen (secondary N) is 2. The van der Waals surface area contributed by atoms with E-state index in [4.69, 9.17) is 10.5 Å². The lowest BCUT2D eigenvalue weighted by atomic mass is 9.82. The Morgan fingerprint density at radius 1 is 1.22 bits per heavy atom. The minimum atomic E-state index is -0.516. The molecule has 23 heavy (non-hydrogen) atoms. The Morgan fingerprint density at radius 2 is 2.00 bits per heavy atom. The first-order valence-electron chi connectivity index (χ1n) is 8.18. The highest BCUT2D eigenvalue weighted by atomic mass is 16.5. The van der Waals surface area contributed by atoms with Gasteiger partial charge in [-0.15, -0.1) is 0 Å². The van der Waals surface area contributed by atoms with Gasteiger partial charge >= 0.3 is 6.03 Å². The van der Waals surface area contributed by atoms with E-state index in [1.54, 1.807) is 24.3 Å². The quantitative estimate of drug-likeness (QED) is 0.799. The zero-order chi connectivity index (χ0) is 16.3. The molecule has 1 heterocycles. The minimum absolute atomic E-state index is 0.0257. The molecule has 2 fully saturated rings. The Labute approximate surface area is 135 Å². The number of ether oxygens (including phenoxy) is 1. The second-order valence-electron chi connectivity index (χ2n) is 6.50. The summed E-state index contributed by atoms with van der Waals surface area (Å²) in [6, 6.07) is 6.34. The zero-order valence-electron chi connectivity index (χ0n) is 13.1. The first-order valence-corrected chi connectivity index (χ1v) is 8.18. The maximum Gasteiger partial charge on any atom is 0.319 e. The molecule has 1 aliphatic carbocycles. The Kier molecular flexibility index (Phi) is 4.52. The first-order chi connectivity index (χ1) is 11.1. The van der Waals surface area contributed by atoms with Crippen LogP contribution in [0.4, 0.5) is 10.5 Å². The van der Waals surface area contributed by atoms with Crippen molar-refractivity contribution in [3.8, 4) is 0 Å². The predicted octanol–water partition coefficient (Wildman–Crippen LogP) is 2.40. The largest absolute Gasteiger partial charge is 0.373 e. The van der Waals surface area contributed by atoms with Crippen LogP contribution in [0.1, 0.15) is 48.9 Å². The molecule has 6 heteroatoms. The molecule has 1 spiro atoms. The Hall–Kier alpha value is -2.08. The zero-order valence-corrected chi connectivity index (χ0v) is 13.1. The van der Waals surface area contributed by atoms with Gasteiger partial charge in [-0.05, 0) is 37.5 Å². The van der Waals surface area contributed by atoms with Crippen molar-refractivity contribution in [2.45, 2.75) is 50.2 Å². The van der Waals surface area contributed by atoms with Gasteiger partial charge in [-0.1, -0.05) is 25.3 Å². The van der Waals surface area contributed by atoms with Gasteiger partial charge in [-0.3, -0.25) is 4.79 Å². The second kappa shape index (κ2) is 6.58. The number of primary amides is 1. The third-order valence-electron chi connectivity index (χ3n) is 4.71. The monoisotopic (exact) mass is 317 g/mol. The van der Waals surface area contributed by atoms with Gasteiger partial charge in [-0.25, -0.2) is 4.79 Å². The maximum absolute atomic E-state index is 12.1. The number of anilines is 1. The topological polar surface area (TPSA) is 93.5 Å². The van der Waals surface area contributed by atoms with Gasteiger partial charge in [0, 0.05) is 11.3 Å². The van der Waals surface area contributed by atoms with E-state index in [-0.39, 0.29) is 17.7 Å². The summed E-state index contributed by atoms with van der Waals surface area (Å²) >= 11 is 0. The van der Waals surface area contributed by atoms with Crippen LogP contribution >= 0.6 is 0 Å². The summed E-state index contributed by atoms with van der Waals surface area (Å²) in [5, 5.41) is 5.70. The van der Waals surface area contributed by atoms with Gasteiger partial charge in [0.2, 0.25) is 5.91 Å². The third kappa shape index (κ3) is 3.82. The SMILES string of the molecule is NC(=O)c1cccc(NC(=O)NC2COC3(CCCCC3)C2)c1. The molecule has 1 saturated heterocycles. The average molecular weight is 317 g/mol. The molecule has 124 valence electrons. The number of hydrogen-bond acceptors (Lipinski definition) is 3. The van der Waals surface area contributed by atoms with Crippen LogP contribution in [0, 0.1) is 0 Å². The Bertz CT molecular complexity index is 597. The number of urea groups is 1. The van der Waals surface area contributed by atoms with E-state index in [1.165, 1.54) is 19.3 Å². The van der Waals surface area contributed by atoms with Gasteiger partial charge in [-0.2, -0.15) is 0 Å². The lowest BCUT2D eigenvalue weighted by molar-refractivity contribution is -0.0245. The highest BCUT2D eigenvalue weighted by molar-refractivity contribution is 5.95. The summed E-state index contributed by atoms with van der Waals surface area (Å²) in [5.41, 5.74) is 6.13. The molecule has 3 amide bonds. The van der Waals surface area contributed by atoms with Crippen LogP contribution in [0.3, 0.4) is 0 Å². The molecular formula is C17H23N3O3. The number of nitrogens with two attached hydrogens (primary N) is 1. The molecule has 0 aromatic heterocycles. The van der Waals surface area contributed by atoms with Gasteiger partial charge in [0.25, 0.3) is 0 Å². The molecule has 3 rings (SSSR count). The van der Waals surface area contributed by atoms with Gasteiger partial charge in [0.05, 0.1) is 18.2 Å². The lowest BCUT2D eigenvalue weighted by Gasteiger charge is -2.32. The minimum Gasteiger partial charge on any atom is -0.373 e. The maximum atomic E-state index is 12.1. The number of benzene rings is 1. The third-order valence-corrected chi connectivity index (χ3v) is 4.71. The van der Waals surface area contributed by atoms with Crippen LogP contribution in [0.2, 0.25) is 0 Å². The van der Waals surface area contributed by atoms with Gasteiger partial charge in [0.1, 0.15) is 0 Å². The number of carbonyl (C=O) groups excluding carboxylic acids is 2. The van der Waals surface area contributed by atoms with Crippen molar-refractivity contribution >= 4 is 17.6 Å². The van der Waals surface area contributed by atoms with E-state index in [9.17, 15) is 9.59 Å². The van der Waals surface area contributed by atoms with Crippen molar-refractivity contribution in [3.05, 3.63) is 29.8 Å². The van der Waals surface area contributed by atoms with E-state index in [0.29, 0.717) is 17.9 Å². The normalized spacial score (nSPS) is 22.7. The molecule has 1 aromatic rings. The van der Waals surface area contributed by atoms with Gasteiger partial charge in [0.15, 0.2) is 0 Å². The number of carbonyl (C=O) groups is 2. The average Bonchev–Trinajstić information content (AvgIpc) is 2.90. The molecule has 2 aliphatic rings. The van der Waals surface area contributed by atoms with Crippen molar-refractivity contribution in [3.63, 3.8) is 0 Å². The van der Waals surface area contributed by atoms with E-state index < -0.39 is 5.91 Å². The highest BCUT2D eigenvalue weighted by Gasteiger charge is 2.41. The van der Waals surface area contributed by atoms with Crippen molar-refractivity contribution < 1.29 is 14.3 Å². The fourth-order valence-corrected chi connectivity index (χ4v) is 3.58. The highest BCUT2D eigenvalue weighted by Crippen LogP contribution is 2.39. The van der Waals surface area contributed by atoms with Crippen molar-refractivity contribution in [2.75, 3.05) is 11.9 Å². The summed E-state index contributed by atoms with van der Waals surface area (Å²) in [6.45, 7) is 0.564. The smallest absolute Gasteiger partial charge is 0.319 e. The molecule has 4 N–H and O–H groups in total. The molecule has 1 aliphatic heterocycles. The summed E-state index contributed by atoms with van der Waals surface area (Å²) < 4.78 is 5.99. The number of amides is 3. The Morgan fingerprint density at radius 3 is 2.74 bits per heavy atom. The standard InChI is InChI=1S/C17H23N3O3/c18-15(21)12-5-4-6-13(9-12)19-16(22)20-14-10-17(23-11-14)7-2-1-3-8-17/h4-6,9,14H,1-3,7-8,10-11H2,(H2,18,21)(H2,19,20,22). The summed E-state index contributed by atoms with van der Waals surface area (Å²) in [4.78, 5) is 23.3. The molecule has 1 saturated carbocycles. The summed E-state index contributed by atoms with van der Waals surface area (Å²) in [5.74, 6) is -0.516. The van der Waals surface area contributed by atoms with Gasteiger partial charge < -0.3 is 21.1 Å². The molecule has 1 unspecified atom stereocenters. The molecule has 1 atom stereocenters. The van der Waals surface area contributed by atoms with Crippen LogP contribution in [-0.4, -0.2) is 30.2 Å². The van der Waals surface area contributed by atoms with Crippen molar-refractivity contribution in [1.82, 2.24) is 5.32 Å². The van der Waals surface area contributed by atoms with E-state index in [1.807, 2.05) is 0 Å². The van der Waals surface area contributed by atoms with E-state index >= 15 is 0 Å². The number of rotatable bonds is 3.